The summed E-state index contributed by atoms with van der Waals surface area (Å²) in [6.45, 7) is 11.0. The van der Waals surface area contributed by atoms with Crippen LogP contribution in [0.25, 0.3) is 33.2 Å². The molecule has 6 rings (SSSR count). The Morgan fingerprint density at radius 3 is 1.58 bits per heavy atom. The van der Waals surface area contributed by atoms with Crippen LogP contribution in [0.3, 0.4) is 0 Å². The summed E-state index contributed by atoms with van der Waals surface area (Å²) in [5.41, 5.74) is -0.177. The van der Waals surface area contributed by atoms with E-state index in [-0.39, 0.29) is 42.2 Å². The number of hydrogen-bond donors (Lipinski definition) is 1. The Kier molecular flexibility index (Phi) is 11.4. The topological polar surface area (TPSA) is 116 Å². The molecule has 4 aromatic heterocycles. The summed E-state index contributed by atoms with van der Waals surface area (Å²) in [6, 6.07) is 3.34. The zero-order valence-corrected chi connectivity index (χ0v) is 33.3. The molecule has 0 fully saturated rings. The zero-order valence-electron chi connectivity index (χ0n) is 27.8. The molecule has 1 N–H and O–H groups in total. The van der Waals surface area contributed by atoms with Crippen LogP contribution in [0, 0.1) is 37.1 Å². The minimum Gasteiger partial charge on any atom is -0.273 e. The molecular formula is C34H25Br2Cl3F4N6O3. The summed E-state index contributed by atoms with van der Waals surface area (Å²) >= 11 is 23.5. The number of halogens is 9. The van der Waals surface area contributed by atoms with Gasteiger partial charge in [-0.3, -0.25) is 28.9 Å². The lowest BCUT2D eigenvalue weighted by molar-refractivity contribution is 0.583. The average molecular weight is 908 g/mol. The predicted molar refractivity (Wildman–Crippen MR) is 201 cm³/mol. The van der Waals surface area contributed by atoms with E-state index in [2.05, 4.69) is 51.8 Å². The Hall–Kier alpha value is -3.63. The number of fused-ring (bicyclic) bond motifs is 2. The molecule has 52 heavy (non-hydrogen) atoms. The molecular weight excluding hydrogens is 883 g/mol. The quantitative estimate of drug-likeness (QED) is 0.0816. The molecule has 0 atom stereocenters. The van der Waals surface area contributed by atoms with E-state index < -0.39 is 55.8 Å². The van der Waals surface area contributed by atoms with Gasteiger partial charge in [0.25, 0.3) is 5.56 Å². The molecule has 0 amide bonds. The molecule has 9 nitrogen and oxygen atoms in total. The molecule has 0 unspecified atom stereocenters. The molecule has 6 aromatic rings. The highest BCUT2D eigenvalue weighted by molar-refractivity contribution is 9.11. The van der Waals surface area contributed by atoms with Gasteiger partial charge >= 0.3 is 11.4 Å². The maximum atomic E-state index is 15.0. The van der Waals surface area contributed by atoms with Crippen molar-refractivity contribution in [2.75, 3.05) is 0 Å². The lowest BCUT2D eigenvalue weighted by atomic mass is 10.0. The van der Waals surface area contributed by atoms with Crippen LogP contribution >= 0.6 is 66.7 Å². The Balaban J connectivity index is 0.000000201. The SMILES string of the molecule is Cc1ccnc(C(C)C)c1-n1c(=O)[nH]c(=O)c2c(Br)c(F)c(Cl)c(F)c21.Cc1ccnc(C(C)C)c1-n1c(=O)nc(Cl)c2c(Br)c(F)c(Cl)c(F)c21. The van der Waals surface area contributed by atoms with Crippen molar-refractivity contribution in [2.45, 2.75) is 53.4 Å². The predicted octanol–water partition coefficient (Wildman–Crippen LogP) is 9.76. The van der Waals surface area contributed by atoms with Crippen LogP contribution in [0.1, 0.15) is 62.0 Å². The molecule has 0 aliphatic heterocycles. The van der Waals surface area contributed by atoms with Crippen molar-refractivity contribution in [1.29, 1.82) is 0 Å². The summed E-state index contributed by atoms with van der Waals surface area (Å²) in [6.07, 6.45) is 3.18. The molecule has 0 spiro atoms. The first kappa shape index (κ1) is 39.6. The van der Waals surface area contributed by atoms with Gasteiger partial charge in [-0.2, -0.15) is 4.98 Å². The molecule has 0 radical (unpaired) electrons. The van der Waals surface area contributed by atoms with E-state index in [1.807, 2.05) is 27.7 Å². The van der Waals surface area contributed by atoms with Gasteiger partial charge < -0.3 is 0 Å². The minimum absolute atomic E-state index is 0.0649. The Bertz CT molecular complexity index is 2650. The smallest absolute Gasteiger partial charge is 0.273 e. The molecule has 0 bridgehead atoms. The van der Waals surface area contributed by atoms with E-state index >= 15 is 0 Å². The molecule has 4 heterocycles. The first-order valence-corrected chi connectivity index (χ1v) is 17.9. The summed E-state index contributed by atoms with van der Waals surface area (Å²) in [4.78, 5) is 51.9. The Morgan fingerprint density at radius 2 is 1.12 bits per heavy atom. The molecule has 0 aliphatic rings. The van der Waals surface area contributed by atoms with Gasteiger partial charge in [0.2, 0.25) is 0 Å². The highest BCUT2D eigenvalue weighted by Gasteiger charge is 2.28. The number of aromatic nitrogens is 6. The van der Waals surface area contributed by atoms with E-state index in [4.69, 9.17) is 34.8 Å². The number of H-pyrrole nitrogens is 1. The highest BCUT2D eigenvalue weighted by Crippen LogP contribution is 2.39. The van der Waals surface area contributed by atoms with Gasteiger partial charge in [0.05, 0.1) is 48.0 Å². The third-order valence-corrected chi connectivity index (χ3v) is 10.4. The number of benzene rings is 2. The number of nitrogens with zero attached hydrogens (tertiary/aromatic N) is 5. The number of rotatable bonds is 4. The van der Waals surface area contributed by atoms with E-state index in [0.717, 1.165) is 9.13 Å². The molecule has 272 valence electrons. The van der Waals surface area contributed by atoms with Gasteiger partial charge in [-0.05, 0) is 80.8 Å². The fraction of sp³-hybridized carbons (Fsp3) is 0.235. The second-order valence-electron chi connectivity index (χ2n) is 12.1. The lowest BCUT2D eigenvalue weighted by Gasteiger charge is -2.19. The third-order valence-electron chi connectivity index (χ3n) is 8.02. The monoisotopic (exact) mass is 904 g/mol. The van der Waals surface area contributed by atoms with Crippen LogP contribution in [0.2, 0.25) is 15.2 Å². The average Bonchev–Trinajstić information content (AvgIpc) is 3.08. The fourth-order valence-electron chi connectivity index (χ4n) is 5.65. The summed E-state index contributed by atoms with van der Waals surface area (Å²) in [5.74, 6) is -4.58. The molecule has 2 aromatic carbocycles. The lowest BCUT2D eigenvalue weighted by Crippen LogP contribution is -2.31. The van der Waals surface area contributed by atoms with Crippen molar-refractivity contribution in [3.8, 4) is 11.4 Å². The van der Waals surface area contributed by atoms with E-state index in [1.165, 1.54) is 0 Å². The highest BCUT2D eigenvalue weighted by atomic mass is 79.9. The first-order chi connectivity index (χ1) is 24.3. The molecule has 0 saturated heterocycles. The normalized spacial score (nSPS) is 11.6. The number of pyridine rings is 2. The van der Waals surface area contributed by atoms with Crippen molar-refractivity contribution in [3.05, 3.63) is 126 Å². The van der Waals surface area contributed by atoms with Gasteiger partial charge in [-0.1, -0.05) is 62.5 Å². The minimum atomic E-state index is -1.19. The molecule has 0 saturated carbocycles. The number of aryl methyl sites for hydroxylation is 2. The maximum Gasteiger partial charge on any atom is 0.354 e. The number of hydrogen-bond acceptors (Lipinski definition) is 6. The fourth-order valence-corrected chi connectivity index (χ4v) is 7.76. The summed E-state index contributed by atoms with van der Waals surface area (Å²) < 4.78 is 59.7. The van der Waals surface area contributed by atoms with Gasteiger partial charge in [0.15, 0.2) is 23.3 Å². The van der Waals surface area contributed by atoms with E-state index in [1.54, 1.807) is 38.4 Å². The van der Waals surface area contributed by atoms with Gasteiger partial charge in [-0.15, -0.1) is 0 Å². The van der Waals surface area contributed by atoms with Crippen LogP contribution in [-0.2, 0) is 0 Å². The number of aromatic amines is 1. The van der Waals surface area contributed by atoms with Crippen LogP contribution in [-0.4, -0.2) is 29.1 Å². The van der Waals surface area contributed by atoms with Crippen LogP contribution in [0.15, 0.2) is 47.9 Å². The van der Waals surface area contributed by atoms with Crippen molar-refractivity contribution in [3.63, 3.8) is 0 Å². The maximum absolute atomic E-state index is 15.0. The molecule has 18 heteroatoms. The van der Waals surface area contributed by atoms with Crippen LogP contribution in [0.4, 0.5) is 17.6 Å². The summed E-state index contributed by atoms with van der Waals surface area (Å²) in [7, 11) is 0. The second kappa shape index (κ2) is 15.0. The van der Waals surface area contributed by atoms with Crippen LogP contribution in [0.5, 0.6) is 0 Å². The van der Waals surface area contributed by atoms with Crippen LogP contribution < -0.4 is 16.9 Å². The van der Waals surface area contributed by atoms with Crippen molar-refractivity contribution >= 4 is 88.5 Å². The van der Waals surface area contributed by atoms with E-state index in [0.29, 0.717) is 33.9 Å². The van der Waals surface area contributed by atoms with Gasteiger partial charge in [0.1, 0.15) is 20.7 Å². The second-order valence-corrected chi connectivity index (χ2v) is 14.8. The Labute approximate surface area is 323 Å². The zero-order chi connectivity index (χ0) is 38.7. The van der Waals surface area contributed by atoms with Crippen molar-refractivity contribution < 1.29 is 17.6 Å². The largest absolute Gasteiger partial charge is 0.354 e. The van der Waals surface area contributed by atoms with E-state index in [9.17, 15) is 31.9 Å². The Morgan fingerprint density at radius 1 is 0.692 bits per heavy atom. The number of nitrogens with one attached hydrogen (secondary N) is 1. The molecule has 0 aliphatic carbocycles. The first-order valence-electron chi connectivity index (χ1n) is 15.2. The van der Waals surface area contributed by atoms with Gasteiger partial charge in [0, 0.05) is 12.4 Å². The third kappa shape index (κ3) is 6.59. The van der Waals surface area contributed by atoms with Gasteiger partial charge in [-0.25, -0.2) is 27.2 Å². The van der Waals surface area contributed by atoms with Crippen molar-refractivity contribution in [2.24, 2.45) is 0 Å². The summed E-state index contributed by atoms with van der Waals surface area (Å²) in [5, 5.41) is -2.30. The van der Waals surface area contributed by atoms with Crippen molar-refractivity contribution in [1.82, 2.24) is 29.1 Å². The standard InChI is InChI=1S/C17H12BrCl2F2N3O.C17H13BrClF2N3O2/c1-6(2)13-14(7(3)4-5-23-13)25-15-8(16(20)24-17(25)26)9(18)11(21)10(19)12(15)22;1-6(2)13-14(7(3)4-5-22-13)24-15-8(16(25)23-17(24)26)9(18)11(20)10(19)12(15)21/h4-6H,1-3H3;4-6H,1-3H3,(H,23,25,26).